The summed E-state index contributed by atoms with van der Waals surface area (Å²) in [6, 6.07) is 9.92. The lowest BCUT2D eigenvalue weighted by molar-refractivity contribution is 0.245. The highest BCUT2D eigenvalue weighted by molar-refractivity contribution is 9.10. The number of pyridine rings is 1. The van der Waals surface area contributed by atoms with Crippen LogP contribution in [0.2, 0.25) is 0 Å². The lowest BCUT2D eigenvalue weighted by Gasteiger charge is -2.11. The molecule has 15 heavy (non-hydrogen) atoms. The Morgan fingerprint density at radius 2 is 2.00 bits per heavy atom. The van der Waals surface area contributed by atoms with Crippen LogP contribution in [-0.2, 0) is 0 Å². The third-order valence-electron chi connectivity index (χ3n) is 2.01. The maximum atomic E-state index is 5.70. The summed E-state index contributed by atoms with van der Waals surface area (Å²) in [6.07, 6.45) is 0.163. The first-order valence-corrected chi connectivity index (χ1v) is 5.68. The molecule has 0 aliphatic carbocycles. The minimum atomic E-state index is 0.163. The molecule has 2 aromatic rings. The van der Waals surface area contributed by atoms with Gasteiger partial charge < -0.3 is 4.74 Å². The summed E-state index contributed by atoms with van der Waals surface area (Å²) in [5.74, 6) is 0.837. The second-order valence-corrected chi connectivity index (χ2v) is 4.44. The monoisotopic (exact) mass is 265 g/mol. The molecule has 1 heterocycles. The molecule has 0 bridgehead atoms. The molecule has 0 radical (unpaired) electrons. The smallest absolute Gasteiger partial charge is 0.145 e. The highest BCUT2D eigenvalue weighted by atomic mass is 79.9. The minimum absolute atomic E-state index is 0.163. The van der Waals surface area contributed by atoms with Crippen LogP contribution >= 0.6 is 15.9 Å². The van der Waals surface area contributed by atoms with Gasteiger partial charge in [0.25, 0.3) is 0 Å². The summed E-state index contributed by atoms with van der Waals surface area (Å²) in [5.41, 5.74) is 0.903. The summed E-state index contributed by atoms with van der Waals surface area (Å²) in [6.45, 7) is 4.02. The van der Waals surface area contributed by atoms with Crippen molar-refractivity contribution in [1.82, 2.24) is 4.98 Å². The van der Waals surface area contributed by atoms with Crippen molar-refractivity contribution in [2.45, 2.75) is 20.0 Å². The molecule has 0 saturated heterocycles. The largest absolute Gasteiger partial charge is 0.489 e. The summed E-state index contributed by atoms with van der Waals surface area (Å²) < 4.78 is 6.53. The van der Waals surface area contributed by atoms with E-state index in [4.69, 9.17) is 4.74 Å². The number of aromatic nitrogens is 1. The van der Waals surface area contributed by atoms with Crippen molar-refractivity contribution in [3.05, 3.63) is 34.9 Å². The topological polar surface area (TPSA) is 22.1 Å². The van der Waals surface area contributed by atoms with Crippen LogP contribution in [0.5, 0.6) is 5.75 Å². The van der Waals surface area contributed by atoms with Gasteiger partial charge in [0, 0.05) is 5.39 Å². The Labute approximate surface area is 97.4 Å². The van der Waals surface area contributed by atoms with Crippen molar-refractivity contribution in [3.63, 3.8) is 0 Å². The number of hydrogen-bond donors (Lipinski definition) is 0. The van der Waals surface area contributed by atoms with E-state index in [1.807, 2.05) is 44.2 Å². The molecule has 0 spiro atoms. The third-order valence-corrected chi connectivity index (χ3v) is 2.45. The molecule has 2 rings (SSSR count). The van der Waals surface area contributed by atoms with Gasteiger partial charge in [-0.25, -0.2) is 4.98 Å². The van der Waals surface area contributed by atoms with E-state index in [1.54, 1.807) is 0 Å². The molecule has 78 valence electrons. The van der Waals surface area contributed by atoms with Crippen LogP contribution < -0.4 is 4.74 Å². The number of ether oxygens (including phenoxy) is 1. The molecule has 0 atom stereocenters. The van der Waals surface area contributed by atoms with Crippen molar-refractivity contribution in [3.8, 4) is 5.75 Å². The Morgan fingerprint density at radius 3 is 2.73 bits per heavy atom. The van der Waals surface area contributed by atoms with Crippen LogP contribution in [0.1, 0.15) is 13.8 Å². The number of nitrogens with zero attached hydrogens (tertiary/aromatic N) is 1. The van der Waals surface area contributed by atoms with Gasteiger partial charge in [0.15, 0.2) is 0 Å². The number of para-hydroxylation sites is 1. The second-order valence-electron chi connectivity index (χ2n) is 3.63. The van der Waals surface area contributed by atoms with E-state index >= 15 is 0 Å². The highest BCUT2D eigenvalue weighted by Gasteiger charge is 2.05. The van der Waals surface area contributed by atoms with Crippen LogP contribution in [0.15, 0.2) is 34.9 Å². The SMILES string of the molecule is CC(C)Oc1cccc2ccc(Br)nc12. The molecule has 1 aromatic carbocycles. The van der Waals surface area contributed by atoms with Gasteiger partial charge in [-0.15, -0.1) is 0 Å². The lowest BCUT2D eigenvalue weighted by Crippen LogP contribution is -2.06. The van der Waals surface area contributed by atoms with Crippen LogP contribution in [0, 0.1) is 0 Å². The molecule has 0 unspecified atom stereocenters. The van der Waals surface area contributed by atoms with Gasteiger partial charge in [-0.2, -0.15) is 0 Å². The Morgan fingerprint density at radius 1 is 1.20 bits per heavy atom. The number of fused-ring (bicyclic) bond motifs is 1. The Hall–Kier alpha value is -1.09. The van der Waals surface area contributed by atoms with Gasteiger partial charge in [-0.3, -0.25) is 0 Å². The molecule has 1 aromatic heterocycles. The van der Waals surface area contributed by atoms with Gasteiger partial charge in [0.05, 0.1) is 6.10 Å². The van der Waals surface area contributed by atoms with Crippen molar-refractivity contribution in [1.29, 1.82) is 0 Å². The number of rotatable bonds is 2. The van der Waals surface area contributed by atoms with Gasteiger partial charge in [-0.1, -0.05) is 12.1 Å². The fourth-order valence-corrected chi connectivity index (χ4v) is 1.75. The molecule has 0 amide bonds. The number of hydrogen-bond acceptors (Lipinski definition) is 2. The van der Waals surface area contributed by atoms with E-state index in [-0.39, 0.29) is 6.10 Å². The van der Waals surface area contributed by atoms with E-state index in [0.717, 1.165) is 21.3 Å². The van der Waals surface area contributed by atoms with Gasteiger partial charge in [-0.05, 0) is 48.0 Å². The average molecular weight is 266 g/mol. The molecule has 0 aliphatic heterocycles. The van der Waals surface area contributed by atoms with E-state index in [1.165, 1.54) is 0 Å². The van der Waals surface area contributed by atoms with E-state index in [0.29, 0.717) is 0 Å². The molecule has 0 N–H and O–H groups in total. The van der Waals surface area contributed by atoms with Crippen molar-refractivity contribution in [2.24, 2.45) is 0 Å². The van der Waals surface area contributed by atoms with Crippen LogP contribution in [0.4, 0.5) is 0 Å². The number of benzene rings is 1. The first-order chi connectivity index (χ1) is 7.16. The van der Waals surface area contributed by atoms with E-state index in [9.17, 15) is 0 Å². The number of halogens is 1. The summed E-state index contributed by atoms with van der Waals surface area (Å²) in [5, 5.41) is 1.09. The lowest BCUT2D eigenvalue weighted by atomic mass is 10.2. The molecular weight excluding hydrogens is 254 g/mol. The van der Waals surface area contributed by atoms with Crippen molar-refractivity contribution in [2.75, 3.05) is 0 Å². The molecule has 0 fully saturated rings. The van der Waals surface area contributed by atoms with Crippen LogP contribution in [0.25, 0.3) is 10.9 Å². The second kappa shape index (κ2) is 4.19. The standard InChI is InChI=1S/C12H12BrNO/c1-8(2)15-10-5-3-4-9-6-7-11(13)14-12(9)10/h3-8H,1-2H3. The molecule has 2 nitrogen and oxygen atoms in total. The summed E-state index contributed by atoms with van der Waals surface area (Å²) >= 11 is 3.37. The first kappa shape index (κ1) is 10.4. The van der Waals surface area contributed by atoms with Crippen LogP contribution in [0.3, 0.4) is 0 Å². The Bertz CT molecular complexity index is 482. The normalized spacial score (nSPS) is 10.9. The van der Waals surface area contributed by atoms with E-state index in [2.05, 4.69) is 20.9 Å². The van der Waals surface area contributed by atoms with Gasteiger partial charge in [0.2, 0.25) is 0 Å². The Kier molecular flexibility index (Phi) is 2.91. The third kappa shape index (κ3) is 2.29. The zero-order valence-corrected chi connectivity index (χ0v) is 10.3. The maximum absolute atomic E-state index is 5.70. The predicted octanol–water partition coefficient (Wildman–Crippen LogP) is 3.78. The van der Waals surface area contributed by atoms with Crippen molar-refractivity contribution >= 4 is 26.8 Å². The zero-order valence-electron chi connectivity index (χ0n) is 8.70. The van der Waals surface area contributed by atoms with Crippen LogP contribution in [-0.4, -0.2) is 11.1 Å². The van der Waals surface area contributed by atoms with Gasteiger partial charge >= 0.3 is 0 Å². The highest BCUT2D eigenvalue weighted by Crippen LogP contribution is 2.25. The first-order valence-electron chi connectivity index (χ1n) is 4.89. The summed E-state index contributed by atoms with van der Waals surface area (Å²) in [4.78, 5) is 4.42. The van der Waals surface area contributed by atoms with E-state index < -0.39 is 0 Å². The molecular formula is C12H12BrNO. The van der Waals surface area contributed by atoms with Crippen molar-refractivity contribution < 1.29 is 4.74 Å². The fourth-order valence-electron chi connectivity index (χ4n) is 1.45. The Balaban J connectivity index is 2.58. The quantitative estimate of drug-likeness (QED) is 0.771. The average Bonchev–Trinajstić information content (AvgIpc) is 2.18. The maximum Gasteiger partial charge on any atom is 0.145 e. The molecule has 0 aliphatic rings. The summed E-state index contributed by atoms with van der Waals surface area (Å²) in [7, 11) is 0. The molecule has 3 heteroatoms. The van der Waals surface area contributed by atoms with Gasteiger partial charge in [0.1, 0.15) is 15.9 Å². The molecule has 0 saturated carbocycles. The minimum Gasteiger partial charge on any atom is -0.489 e. The predicted molar refractivity (Wildman–Crippen MR) is 65.2 cm³/mol. The zero-order chi connectivity index (χ0) is 10.8. The fraction of sp³-hybridized carbons (Fsp3) is 0.250.